The minimum atomic E-state index is 0.996. The molecule has 0 unspecified atom stereocenters. The third kappa shape index (κ3) is 1.89. The summed E-state index contributed by atoms with van der Waals surface area (Å²) in [5.74, 6) is 0. The van der Waals surface area contributed by atoms with Crippen molar-refractivity contribution in [2.45, 2.75) is 38.6 Å². The van der Waals surface area contributed by atoms with Crippen molar-refractivity contribution in [1.29, 1.82) is 0 Å². The summed E-state index contributed by atoms with van der Waals surface area (Å²) in [7, 11) is 0. The van der Waals surface area contributed by atoms with Gasteiger partial charge in [0.05, 0.1) is 0 Å². The van der Waals surface area contributed by atoms with Gasteiger partial charge < -0.3 is 4.57 Å². The Kier molecular flexibility index (Phi) is 2.74. The molecule has 0 radical (unpaired) electrons. The molecule has 1 aliphatic rings. The molecule has 0 bridgehead atoms. The van der Waals surface area contributed by atoms with Crippen LogP contribution in [0.5, 0.6) is 0 Å². The Hall–Kier alpha value is -1.16. The van der Waals surface area contributed by atoms with Crippen LogP contribution in [0.15, 0.2) is 18.0 Å². The molecule has 2 aromatic rings. The van der Waals surface area contributed by atoms with E-state index >= 15 is 0 Å². The summed E-state index contributed by atoms with van der Waals surface area (Å²) < 4.78 is 2.05. The molecule has 0 saturated carbocycles. The maximum Gasteiger partial charge on any atom is 0.119 e. The fraction of sp³-hybridized carbons (Fsp3) is 0.500. The molecule has 0 atom stereocenters. The third-order valence-corrected chi connectivity index (χ3v) is 4.39. The summed E-state index contributed by atoms with van der Waals surface area (Å²) in [6.07, 6.45) is 10.0. The van der Waals surface area contributed by atoms with E-state index in [4.69, 9.17) is 0 Å². The lowest BCUT2D eigenvalue weighted by Gasteiger charge is -2.12. The van der Waals surface area contributed by atoms with Crippen LogP contribution in [0.25, 0.3) is 0 Å². The van der Waals surface area contributed by atoms with E-state index in [0.717, 1.165) is 13.0 Å². The van der Waals surface area contributed by atoms with Gasteiger partial charge in [-0.25, -0.2) is 0 Å². The zero-order chi connectivity index (χ0) is 10.8. The fourth-order valence-corrected chi connectivity index (χ4v) is 3.54. The summed E-state index contributed by atoms with van der Waals surface area (Å²) in [5, 5.41) is 10.00. The zero-order valence-electron chi connectivity index (χ0n) is 9.22. The molecule has 2 heterocycles. The number of hydrogen-bond acceptors (Lipinski definition) is 3. The molecular formula is C12H15N3S. The van der Waals surface area contributed by atoms with Crippen molar-refractivity contribution in [1.82, 2.24) is 14.8 Å². The molecule has 3 rings (SSSR count). The zero-order valence-corrected chi connectivity index (χ0v) is 10.0. The average Bonchev–Trinajstić information content (AvgIpc) is 2.96. The monoisotopic (exact) mass is 233 g/mol. The SMILES string of the molecule is c1sc2c(c1CCn1cnnc1)CCCC2. The molecule has 2 aromatic heterocycles. The van der Waals surface area contributed by atoms with Crippen LogP contribution >= 0.6 is 11.3 Å². The van der Waals surface area contributed by atoms with Gasteiger partial charge in [-0.05, 0) is 48.6 Å². The topological polar surface area (TPSA) is 30.7 Å². The van der Waals surface area contributed by atoms with Gasteiger partial charge in [-0.2, -0.15) is 0 Å². The maximum atomic E-state index is 3.83. The highest BCUT2D eigenvalue weighted by Crippen LogP contribution is 2.30. The first-order valence-electron chi connectivity index (χ1n) is 5.84. The second-order valence-electron chi connectivity index (χ2n) is 4.32. The van der Waals surface area contributed by atoms with E-state index in [2.05, 4.69) is 15.6 Å². The first-order chi connectivity index (χ1) is 7.93. The highest BCUT2D eigenvalue weighted by molar-refractivity contribution is 7.10. The van der Waals surface area contributed by atoms with Gasteiger partial charge in [0.1, 0.15) is 12.7 Å². The van der Waals surface area contributed by atoms with Crippen LogP contribution in [0.2, 0.25) is 0 Å². The van der Waals surface area contributed by atoms with Crippen molar-refractivity contribution >= 4 is 11.3 Å². The molecule has 0 aliphatic heterocycles. The van der Waals surface area contributed by atoms with Crippen molar-refractivity contribution < 1.29 is 0 Å². The third-order valence-electron chi connectivity index (χ3n) is 3.25. The van der Waals surface area contributed by atoms with Crippen LogP contribution in [0.4, 0.5) is 0 Å². The quantitative estimate of drug-likeness (QED) is 0.815. The number of aromatic nitrogens is 3. The van der Waals surface area contributed by atoms with Gasteiger partial charge in [0.15, 0.2) is 0 Å². The van der Waals surface area contributed by atoms with Gasteiger partial charge in [-0.1, -0.05) is 0 Å². The fourth-order valence-electron chi connectivity index (χ4n) is 2.36. The molecule has 0 fully saturated rings. The van der Waals surface area contributed by atoms with Gasteiger partial charge >= 0.3 is 0 Å². The van der Waals surface area contributed by atoms with E-state index in [1.54, 1.807) is 28.7 Å². The number of aryl methyl sites for hydroxylation is 3. The Morgan fingerprint density at radius 2 is 2.00 bits per heavy atom. The molecule has 3 nitrogen and oxygen atoms in total. The molecule has 16 heavy (non-hydrogen) atoms. The summed E-state index contributed by atoms with van der Waals surface area (Å²) in [6.45, 7) is 0.996. The molecule has 84 valence electrons. The maximum absolute atomic E-state index is 3.83. The Morgan fingerprint density at radius 1 is 1.19 bits per heavy atom. The van der Waals surface area contributed by atoms with Crippen LogP contribution in [-0.2, 0) is 25.8 Å². The summed E-state index contributed by atoms with van der Waals surface area (Å²) in [6, 6.07) is 0. The van der Waals surface area contributed by atoms with Crippen molar-refractivity contribution in [2.75, 3.05) is 0 Å². The van der Waals surface area contributed by atoms with Crippen LogP contribution in [0, 0.1) is 0 Å². The Balaban J connectivity index is 1.72. The van der Waals surface area contributed by atoms with Crippen molar-refractivity contribution in [3.8, 4) is 0 Å². The molecule has 0 saturated heterocycles. The van der Waals surface area contributed by atoms with E-state index in [-0.39, 0.29) is 0 Å². The highest BCUT2D eigenvalue weighted by Gasteiger charge is 2.14. The predicted molar refractivity (Wildman–Crippen MR) is 64.7 cm³/mol. The molecule has 1 aliphatic carbocycles. The van der Waals surface area contributed by atoms with Gasteiger partial charge in [-0.3, -0.25) is 0 Å². The number of nitrogens with zero attached hydrogens (tertiary/aromatic N) is 3. The largest absolute Gasteiger partial charge is 0.320 e. The number of fused-ring (bicyclic) bond motifs is 1. The van der Waals surface area contributed by atoms with E-state index < -0.39 is 0 Å². The second-order valence-corrected chi connectivity index (χ2v) is 5.28. The molecule has 0 spiro atoms. The van der Waals surface area contributed by atoms with Crippen LogP contribution in [0.1, 0.15) is 28.8 Å². The molecule has 0 amide bonds. The van der Waals surface area contributed by atoms with E-state index in [1.807, 2.05) is 15.9 Å². The second kappa shape index (κ2) is 4.37. The molecule has 4 heteroatoms. The molecule has 0 N–H and O–H groups in total. The van der Waals surface area contributed by atoms with E-state index in [1.165, 1.54) is 25.7 Å². The van der Waals surface area contributed by atoms with Gasteiger partial charge in [-0.15, -0.1) is 21.5 Å². The van der Waals surface area contributed by atoms with Crippen molar-refractivity contribution in [3.05, 3.63) is 34.0 Å². The smallest absolute Gasteiger partial charge is 0.119 e. The number of rotatable bonds is 3. The highest BCUT2D eigenvalue weighted by atomic mass is 32.1. The van der Waals surface area contributed by atoms with Crippen LogP contribution in [-0.4, -0.2) is 14.8 Å². The summed E-state index contributed by atoms with van der Waals surface area (Å²) >= 11 is 1.95. The average molecular weight is 233 g/mol. The lowest BCUT2D eigenvalue weighted by Crippen LogP contribution is -2.04. The van der Waals surface area contributed by atoms with Crippen molar-refractivity contribution in [2.24, 2.45) is 0 Å². The summed E-state index contributed by atoms with van der Waals surface area (Å²) in [5.41, 5.74) is 3.19. The molecular weight excluding hydrogens is 218 g/mol. The lowest BCUT2D eigenvalue weighted by molar-refractivity contribution is 0.665. The summed E-state index contributed by atoms with van der Waals surface area (Å²) in [4.78, 5) is 1.63. The lowest BCUT2D eigenvalue weighted by atomic mass is 9.95. The first-order valence-corrected chi connectivity index (χ1v) is 6.72. The van der Waals surface area contributed by atoms with Crippen molar-refractivity contribution in [3.63, 3.8) is 0 Å². The predicted octanol–water partition coefficient (Wildman–Crippen LogP) is 2.46. The standard InChI is InChI=1S/C12H15N3S/c1-2-4-12-11(3-1)10(7-16-12)5-6-15-8-13-14-9-15/h7-9H,1-6H2. The Bertz CT molecular complexity index is 459. The number of thiophene rings is 1. The minimum Gasteiger partial charge on any atom is -0.320 e. The van der Waals surface area contributed by atoms with Gasteiger partial charge in [0.25, 0.3) is 0 Å². The normalized spacial score (nSPS) is 15.0. The van der Waals surface area contributed by atoms with Crippen LogP contribution < -0.4 is 0 Å². The Morgan fingerprint density at radius 3 is 2.88 bits per heavy atom. The minimum absolute atomic E-state index is 0.996. The van der Waals surface area contributed by atoms with Gasteiger partial charge in [0.2, 0.25) is 0 Å². The number of hydrogen-bond donors (Lipinski definition) is 0. The van der Waals surface area contributed by atoms with Crippen LogP contribution in [0.3, 0.4) is 0 Å². The van der Waals surface area contributed by atoms with E-state index in [0.29, 0.717) is 0 Å². The Labute approximate surface area is 99.1 Å². The van der Waals surface area contributed by atoms with E-state index in [9.17, 15) is 0 Å². The first kappa shape index (κ1) is 10.0. The van der Waals surface area contributed by atoms with Gasteiger partial charge in [0, 0.05) is 11.4 Å². The molecule has 0 aromatic carbocycles.